The summed E-state index contributed by atoms with van der Waals surface area (Å²) >= 11 is 0. The van der Waals surface area contributed by atoms with E-state index in [0.717, 1.165) is 12.0 Å². The summed E-state index contributed by atoms with van der Waals surface area (Å²) in [5.41, 5.74) is 8.93. The molecule has 0 aliphatic carbocycles. The largest absolute Gasteiger partial charge is 0.494 e. The van der Waals surface area contributed by atoms with Crippen molar-refractivity contribution in [2.75, 3.05) is 13.7 Å². The first-order valence-electron chi connectivity index (χ1n) is 13.6. The first-order valence-corrected chi connectivity index (χ1v) is 13.6. The molecule has 0 saturated carbocycles. The van der Waals surface area contributed by atoms with Crippen LogP contribution in [-0.2, 0) is 6.61 Å². The van der Waals surface area contributed by atoms with Crippen molar-refractivity contribution in [1.82, 2.24) is 0 Å². The molecule has 0 amide bonds. The van der Waals surface area contributed by atoms with Crippen molar-refractivity contribution >= 4 is 5.97 Å². The van der Waals surface area contributed by atoms with Gasteiger partial charge >= 0.3 is 5.97 Å². The highest BCUT2D eigenvalue weighted by Gasteiger charge is 2.32. The summed E-state index contributed by atoms with van der Waals surface area (Å²) in [7, 11) is 1.52. The number of benzene rings is 4. The number of rotatable bonds is 10. The highest BCUT2D eigenvalue weighted by atomic mass is 19.1. The van der Waals surface area contributed by atoms with Gasteiger partial charge in [0.25, 0.3) is 0 Å². The van der Waals surface area contributed by atoms with Gasteiger partial charge in [0, 0.05) is 11.6 Å². The molecule has 0 saturated heterocycles. The van der Waals surface area contributed by atoms with Crippen molar-refractivity contribution in [2.45, 2.75) is 25.9 Å². The van der Waals surface area contributed by atoms with Gasteiger partial charge in [-0.3, -0.25) is 0 Å². The molecule has 4 aromatic rings. The molecule has 0 spiro atoms. The number of allylic oxidation sites excluding steroid dienone is 1. The maximum Gasteiger partial charge on any atom is 0.343 e. The third-order valence-electron chi connectivity index (χ3n) is 6.79. The van der Waals surface area contributed by atoms with Gasteiger partial charge < -0.3 is 29.4 Å². The molecule has 5 rings (SSSR count). The quantitative estimate of drug-likeness (QED) is 0.164. The number of hydrogen-bond acceptors (Lipinski definition) is 8. The Morgan fingerprint density at radius 3 is 2.40 bits per heavy atom. The second-order valence-electron chi connectivity index (χ2n) is 9.71. The smallest absolute Gasteiger partial charge is 0.343 e. The van der Waals surface area contributed by atoms with Crippen LogP contribution in [0.3, 0.4) is 0 Å². The molecular weight excluding hydrogens is 551 g/mol. The summed E-state index contributed by atoms with van der Waals surface area (Å²) in [5, 5.41) is 9.97. The molecule has 1 unspecified atom stereocenters. The monoisotopic (exact) mass is 580 g/mol. The number of carbonyl (C=O) groups excluding carboxylic acids is 1. The lowest BCUT2D eigenvalue weighted by Crippen LogP contribution is -2.21. The van der Waals surface area contributed by atoms with E-state index < -0.39 is 11.9 Å². The summed E-state index contributed by atoms with van der Waals surface area (Å²) in [4.78, 5) is 12.8. The van der Waals surface area contributed by atoms with Crippen molar-refractivity contribution in [3.05, 3.63) is 124 Å². The van der Waals surface area contributed by atoms with Crippen LogP contribution in [0, 0.1) is 17.1 Å². The predicted octanol–water partition coefficient (Wildman–Crippen LogP) is 6.64. The fourth-order valence-electron chi connectivity index (χ4n) is 4.64. The van der Waals surface area contributed by atoms with Gasteiger partial charge in [0.05, 0.1) is 25.2 Å². The number of hydrogen-bond donors (Lipinski definition) is 1. The summed E-state index contributed by atoms with van der Waals surface area (Å²) in [5.74, 6) is 0.704. The van der Waals surface area contributed by atoms with E-state index in [2.05, 4.69) is 6.07 Å². The molecular formula is C34H29FN2O6. The standard InChI is InChI=1S/C34H29FN2O6/c1-3-16-40-25-11-6-22(7-12-25)34(38)42-26-13-14-27-30(18-26)43-33(37)28(19-36)32(27)23-8-15-29(31(17-23)39-2)41-20-21-4-9-24(35)10-5-21/h4-15,17-18,32H,3,16,20,37H2,1-2H3. The Bertz CT molecular complexity index is 1690. The number of fused-ring (bicyclic) bond motifs is 1. The minimum Gasteiger partial charge on any atom is -0.494 e. The Hall–Kier alpha value is -5.49. The first kappa shape index (κ1) is 29.0. The molecule has 8 nitrogen and oxygen atoms in total. The Kier molecular flexibility index (Phi) is 8.77. The maximum absolute atomic E-state index is 13.2. The number of nitrogens with two attached hydrogens (primary N) is 1. The molecule has 9 heteroatoms. The lowest BCUT2D eigenvalue weighted by atomic mass is 9.83. The normalized spacial score (nSPS) is 13.8. The van der Waals surface area contributed by atoms with Crippen LogP contribution < -0.4 is 29.4 Å². The SMILES string of the molecule is CCCOc1ccc(C(=O)Oc2ccc3c(c2)OC(N)=C(C#N)C3c2ccc(OCc3ccc(F)cc3)c(OC)c2)cc1. The number of halogens is 1. The number of nitrogens with zero attached hydrogens (tertiary/aromatic N) is 1. The summed E-state index contributed by atoms with van der Waals surface area (Å²) in [6, 6.07) is 25.2. The number of nitriles is 1. The van der Waals surface area contributed by atoms with Crippen LogP contribution in [-0.4, -0.2) is 19.7 Å². The molecule has 0 radical (unpaired) electrons. The van der Waals surface area contributed by atoms with Gasteiger partial charge in [-0.1, -0.05) is 31.2 Å². The van der Waals surface area contributed by atoms with Gasteiger partial charge in [-0.05, 0) is 72.1 Å². The Labute approximate surface area is 248 Å². The molecule has 218 valence electrons. The van der Waals surface area contributed by atoms with Crippen LogP contribution >= 0.6 is 0 Å². The van der Waals surface area contributed by atoms with E-state index in [-0.39, 0.29) is 29.6 Å². The van der Waals surface area contributed by atoms with Gasteiger partial charge in [-0.25, -0.2) is 9.18 Å². The highest BCUT2D eigenvalue weighted by Crippen LogP contribution is 2.45. The van der Waals surface area contributed by atoms with Gasteiger partial charge in [0.2, 0.25) is 5.88 Å². The third-order valence-corrected chi connectivity index (χ3v) is 6.79. The fraction of sp³-hybridized carbons (Fsp3) is 0.176. The number of esters is 1. The first-order chi connectivity index (χ1) is 20.9. The molecule has 1 aliphatic heterocycles. The molecule has 0 fully saturated rings. The van der Waals surface area contributed by atoms with Crippen molar-refractivity contribution < 1.29 is 32.9 Å². The number of carbonyl (C=O) groups is 1. The zero-order chi connectivity index (χ0) is 30.3. The highest BCUT2D eigenvalue weighted by molar-refractivity contribution is 5.91. The number of ether oxygens (including phenoxy) is 5. The summed E-state index contributed by atoms with van der Waals surface area (Å²) in [6.07, 6.45) is 0.882. The average Bonchev–Trinajstić information content (AvgIpc) is 3.03. The summed E-state index contributed by atoms with van der Waals surface area (Å²) < 4.78 is 41.7. The average molecular weight is 581 g/mol. The molecule has 1 atom stereocenters. The van der Waals surface area contributed by atoms with Gasteiger partial charge in [-0.2, -0.15) is 5.26 Å². The van der Waals surface area contributed by atoms with Crippen LogP contribution in [0.4, 0.5) is 4.39 Å². The molecule has 1 heterocycles. The number of methoxy groups -OCH3 is 1. The van der Waals surface area contributed by atoms with Gasteiger partial charge in [0.1, 0.15) is 41.3 Å². The predicted molar refractivity (Wildman–Crippen MR) is 157 cm³/mol. The van der Waals surface area contributed by atoms with Gasteiger partial charge in [-0.15, -0.1) is 0 Å². The van der Waals surface area contributed by atoms with Crippen molar-refractivity contribution in [3.8, 4) is 34.8 Å². The minimum absolute atomic E-state index is 0.0539. The minimum atomic E-state index is -0.575. The maximum atomic E-state index is 13.2. The van der Waals surface area contributed by atoms with Crippen LogP contribution in [0.15, 0.2) is 96.4 Å². The molecule has 43 heavy (non-hydrogen) atoms. The Morgan fingerprint density at radius 2 is 1.70 bits per heavy atom. The lowest BCUT2D eigenvalue weighted by molar-refractivity contribution is 0.0734. The zero-order valence-electron chi connectivity index (χ0n) is 23.6. The topological polar surface area (TPSA) is 113 Å². The van der Waals surface area contributed by atoms with Gasteiger partial charge in [0.15, 0.2) is 11.5 Å². The van der Waals surface area contributed by atoms with E-state index in [0.29, 0.717) is 46.3 Å². The van der Waals surface area contributed by atoms with Crippen LogP contribution in [0.25, 0.3) is 0 Å². The van der Waals surface area contributed by atoms with Crippen molar-refractivity contribution in [1.29, 1.82) is 5.26 Å². The van der Waals surface area contributed by atoms with Crippen molar-refractivity contribution in [2.24, 2.45) is 5.73 Å². The fourth-order valence-corrected chi connectivity index (χ4v) is 4.64. The second kappa shape index (κ2) is 13.0. The lowest BCUT2D eigenvalue weighted by Gasteiger charge is -2.27. The zero-order valence-corrected chi connectivity index (χ0v) is 23.6. The Morgan fingerprint density at radius 1 is 0.953 bits per heavy atom. The van der Waals surface area contributed by atoms with Crippen LogP contribution in [0.2, 0.25) is 0 Å². The Balaban J connectivity index is 1.38. The molecule has 2 N–H and O–H groups in total. The van der Waals surface area contributed by atoms with Crippen LogP contribution in [0.5, 0.6) is 28.7 Å². The molecule has 4 aromatic carbocycles. The molecule has 1 aliphatic rings. The van der Waals surface area contributed by atoms with E-state index in [1.54, 1.807) is 66.7 Å². The third kappa shape index (κ3) is 6.54. The van der Waals surface area contributed by atoms with E-state index in [4.69, 9.17) is 29.4 Å². The second-order valence-corrected chi connectivity index (χ2v) is 9.71. The summed E-state index contributed by atoms with van der Waals surface area (Å²) in [6.45, 7) is 2.82. The van der Waals surface area contributed by atoms with E-state index >= 15 is 0 Å². The molecule has 0 bridgehead atoms. The van der Waals surface area contributed by atoms with E-state index in [9.17, 15) is 14.4 Å². The van der Waals surface area contributed by atoms with Crippen molar-refractivity contribution in [3.63, 3.8) is 0 Å². The van der Waals surface area contributed by atoms with Crippen LogP contribution in [0.1, 0.15) is 46.3 Å². The molecule has 0 aromatic heterocycles. The van der Waals surface area contributed by atoms with E-state index in [1.165, 1.54) is 19.2 Å². The van der Waals surface area contributed by atoms with E-state index in [1.807, 2.05) is 13.0 Å².